The minimum Gasteiger partial charge on any atom is -0.468 e. The highest BCUT2D eigenvalue weighted by atomic mass is 35.5. The molecule has 116 valence electrons. The van der Waals surface area contributed by atoms with Gasteiger partial charge in [-0.1, -0.05) is 29.8 Å². The Hall–Kier alpha value is -1.36. The van der Waals surface area contributed by atoms with Crippen molar-refractivity contribution >= 4 is 28.9 Å². The zero-order valence-electron chi connectivity index (χ0n) is 12.6. The van der Waals surface area contributed by atoms with Gasteiger partial charge in [0.1, 0.15) is 6.04 Å². The molecule has 5 heteroatoms. The topological polar surface area (TPSA) is 29.5 Å². The summed E-state index contributed by atoms with van der Waals surface area (Å²) in [6, 6.07) is 7.05. The maximum absolute atomic E-state index is 12.4. The quantitative estimate of drug-likeness (QED) is 0.794. The van der Waals surface area contributed by atoms with Crippen LogP contribution in [0, 0.1) is 6.92 Å². The fourth-order valence-electron chi connectivity index (χ4n) is 2.97. The number of nitrogens with zero attached hydrogens (tertiary/aromatic N) is 1. The zero-order valence-corrected chi connectivity index (χ0v) is 14.2. The number of fused-ring (bicyclic) bond motifs is 1. The summed E-state index contributed by atoms with van der Waals surface area (Å²) in [4.78, 5) is 16.0. The average molecular weight is 336 g/mol. The van der Waals surface area contributed by atoms with Crippen molar-refractivity contribution in [3.63, 3.8) is 0 Å². The maximum Gasteiger partial charge on any atom is 0.327 e. The Morgan fingerprint density at radius 2 is 2.18 bits per heavy atom. The number of hydrogen-bond donors (Lipinski definition) is 0. The van der Waals surface area contributed by atoms with E-state index in [1.165, 1.54) is 23.1 Å². The van der Waals surface area contributed by atoms with Crippen molar-refractivity contribution in [1.29, 1.82) is 0 Å². The normalized spacial score (nSPS) is 16.1. The molecule has 22 heavy (non-hydrogen) atoms. The van der Waals surface area contributed by atoms with Gasteiger partial charge in [0.05, 0.1) is 7.11 Å². The molecule has 0 radical (unpaired) electrons. The summed E-state index contributed by atoms with van der Waals surface area (Å²) < 4.78 is 5.04. The molecule has 0 amide bonds. The lowest BCUT2D eigenvalue weighted by Crippen LogP contribution is -2.38. The van der Waals surface area contributed by atoms with Gasteiger partial charge in [0.25, 0.3) is 0 Å². The van der Waals surface area contributed by atoms with Crippen molar-refractivity contribution in [2.45, 2.75) is 25.9 Å². The second-order valence-electron chi connectivity index (χ2n) is 5.49. The molecular weight excluding hydrogens is 318 g/mol. The number of aryl methyl sites for hydroxylation is 1. The Morgan fingerprint density at radius 1 is 1.41 bits per heavy atom. The number of methoxy groups -OCH3 is 1. The van der Waals surface area contributed by atoms with Gasteiger partial charge in [-0.05, 0) is 41.5 Å². The number of thiophene rings is 1. The lowest BCUT2D eigenvalue weighted by atomic mass is 9.99. The van der Waals surface area contributed by atoms with Gasteiger partial charge in [0, 0.05) is 23.0 Å². The lowest BCUT2D eigenvalue weighted by molar-refractivity contribution is -0.147. The van der Waals surface area contributed by atoms with Gasteiger partial charge in [0.2, 0.25) is 0 Å². The Labute approximate surface area is 139 Å². The van der Waals surface area contributed by atoms with Crippen LogP contribution in [-0.4, -0.2) is 24.5 Å². The Kier molecular flexibility index (Phi) is 4.52. The van der Waals surface area contributed by atoms with Crippen molar-refractivity contribution in [2.75, 3.05) is 13.7 Å². The Bertz CT molecular complexity index is 698. The molecule has 1 aromatic heterocycles. The van der Waals surface area contributed by atoms with E-state index in [9.17, 15) is 4.79 Å². The van der Waals surface area contributed by atoms with Crippen LogP contribution in [0.1, 0.15) is 27.6 Å². The summed E-state index contributed by atoms with van der Waals surface area (Å²) >= 11 is 8.13. The first kappa shape index (κ1) is 15.5. The van der Waals surface area contributed by atoms with Gasteiger partial charge in [-0.15, -0.1) is 11.3 Å². The average Bonchev–Trinajstić information content (AvgIpc) is 2.90. The summed E-state index contributed by atoms with van der Waals surface area (Å²) in [5.41, 5.74) is 3.46. The van der Waals surface area contributed by atoms with Gasteiger partial charge >= 0.3 is 5.97 Å². The number of hydrogen-bond acceptors (Lipinski definition) is 4. The Morgan fingerprint density at radius 3 is 2.91 bits per heavy atom. The number of halogens is 1. The van der Waals surface area contributed by atoms with E-state index >= 15 is 0 Å². The number of carbonyl (C=O) groups is 1. The third-order valence-corrected chi connectivity index (χ3v) is 5.72. The molecule has 0 fully saturated rings. The van der Waals surface area contributed by atoms with Crippen molar-refractivity contribution < 1.29 is 9.53 Å². The third kappa shape index (κ3) is 2.78. The van der Waals surface area contributed by atoms with Crippen molar-refractivity contribution in [3.8, 4) is 0 Å². The summed E-state index contributed by atoms with van der Waals surface area (Å²) in [6.45, 7) is 3.72. The lowest BCUT2D eigenvalue weighted by Gasteiger charge is -2.33. The molecule has 0 bridgehead atoms. The molecule has 0 spiro atoms. The smallest absolute Gasteiger partial charge is 0.327 e. The highest BCUT2D eigenvalue weighted by Crippen LogP contribution is 2.35. The molecule has 0 saturated heterocycles. The second-order valence-corrected chi connectivity index (χ2v) is 6.86. The second kappa shape index (κ2) is 6.41. The van der Waals surface area contributed by atoms with Crippen LogP contribution < -0.4 is 0 Å². The fraction of sp³-hybridized carbons (Fsp3) is 0.353. The van der Waals surface area contributed by atoms with Gasteiger partial charge < -0.3 is 4.74 Å². The van der Waals surface area contributed by atoms with Crippen LogP contribution in [0.2, 0.25) is 5.02 Å². The van der Waals surface area contributed by atoms with Gasteiger partial charge in [0.15, 0.2) is 0 Å². The number of esters is 1. The van der Waals surface area contributed by atoms with E-state index in [0.717, 1.165) is 25.1 Å². The van der Waals surface area contributed by atoms with E-state index in [2.05, 4.69) is 17.2 Å². The first-order chi connectivity index (χ1) is 10.6. The van der Waals surface area contributed by atoms with Crippen molar-refractivity contribution in [1.82, 2.24) is 4.90 Å². The molecule has 1 aromatic carbocycles. The van der Waals surface area contributed by atoms with Crippen molar-refractivity contribution in [2.24, 2.45) is 0 Å². The first-order valence-corrected chi connectivity index (χ1v) is 8.49. The molecule has 0 unspecified atom stereocenters. The maximum atomic E-state index is 12.4. The van der Waals surface area contributed by atoms with E-state index in [-0.39, 0.29) is 5.97 Å². The minimum absolute atomic E-state index is 0.260. The molecule has 2 heterocycles. The fourth-order valence-corrected chi connectivity index (χ4v) is 4.25. The van der Waals surface area contributed by atoms with E-state index in [1.807, 2.05) is 35.6 Å². The molecule has 0 N–H and O–H groups in total. The van der Waals surface area contributed by atoms with Gasteiger partial charge in [-0.3, -0.25) is 4.90 Å². The number of carbonyl (C=O) groups excluding carboxylic acids is 1. The molecule has 2 aromatic rings. The molecule has 1 aliphatic rings. The minimum atomic E-state index is -0.453. The van der Waals surface area contributed by atoms with Gasteiger partial charge in [-0.25, -0.2) is 4.79 Å². The van der Waals surface area contributed by atoms with E-state index < -0.39 is 6.04 Å². The highest BCUT2D eigenvalue weighted by molar-refractivity contribution is 7.10. The predicted octanol–water partition coefficient (Wildman–Crippen LogP) is 3.98. The largest absolute Gasteiger partial charge is 0.468 e. The van der Waals surface area contributed by atoms with E-state index in [1.54, 1.807) is 0 Å². The molecule has 0 aliphatic carbocycles. The summed E-state index contributed by atoms with van der Waals surface area (Å²) in [6.07, 6.45) is 0.964. The number of ether oxygens (including phenoxy) is 1. The predicted molar refractivity (Wildman–Crippen MR) is 89.4 cm³/mol. The van der Waals surface area contributed by atoms with Crippen molar-refractivity contribution in [3.05, 3.63) is 56.2 Å². The Balaban J connectivity index is 1.96. The standard InChI is InChI=1S/C17H18ClNO2S/c1-11-10-22-15-7-8-19(9-13(11)15)16(17(20)21-2)12-5-3-4-6-14(12)18/h3-6,10,16H,7-9H2,1-2H3/t16-/m0/s1. The van der Waals surface area contributed by atoms with Crippen LogP contribution in [0.25, 0.3) is 0 Å². The summed E-state index contributed by atoms with van der Waals surface area (Å²) in [7, 11) is 1.43. The summed E-state index contributed by atoms with van der Waals surface area (Å²) in [5, 5.41) is 2.79. The van der Waals surface area contributed by atoms with Gasteiger partial charge in [-0.2, -0.15) is 0 Å². The monoisotopic (exact) mass is 335 g/mol. The van der Waals surface area contributed by atoms with E-state index in [4.69, 9.17) is 16.3 Å². The first-order valence-electron chi connectivity index (χ1n) is 7.24. The van der Waals surface area contributed by atoms with Crippen LogP contribution in [0.5, 0.6) is 0 Å². The summed E-state index contributed by atoms with van der Waals surface area (Å²) in [5.74, 6) is -0.260. The molecule has 3 rings (SSSR count). The number of benzene rings is 1. The van der Waals surface area contributed by atoms with Crippen LogP contribution in [0.15, 0.2) is 29.6 Å². The molecular formula is C17H18ClNO2S. The zero-order chi connectivity index (χ0) is 15.7. The third-order valence-electron chi connectivity index (χ3n) is 4.17. The van der Waals surface area contributed by atoms with E-state index in [0.29, 0.717) is 5.02 Å². The van der Waals surface area contributed by atoms with Crippen LogP contribution in [-0.2, 0) is 22.5 Å². The molecule has 0 saturated carbocycles. The SMILES string of the molecule is COC(=O)[C@H](c1ccccc1Cl)N1CCc2scc(C)c2C1. The number of rotatable bonds is 3. The molecule has 1 aliphatic heterocycles. The van der Waals surface area contributed by atoms with Crippen LogP contribution >= 0.6 is 22.9 Å². The van der Waals surface area contributed by atoms with Crippen LogP contribution in [0.3, 0.4) is 0 Å². The molecule has 3 nitrogen and oxygen atoms in total. The highest BCUT2D eigenvalue weighted by Gasteiger charge is 2.33. The molecule has 1 atom stereocenters. The van der Waals surface area contributed by atoms with Crippen LogP contribution in [0.4, 0.5) is 0 Å².